The molecule has 7 nitrogen and oxygen atoms in total. The summed E-state index contributed by atoms with van der Waals surface area (Å²) >= 11 is 13.5. The molecule has 0 fully saturated rings. The number of anilines is 1. The van der Waals surface area contributed by atoms with Crippen molar-refractivity contribution in [3.8, 4) is 5.69 Å². The summed E-state index contributed by atoms with van der Waals surface area (Å²) in [4.78, 5) is 28.0. The predicted molar refractivity (Wildman–Crippen MR) is 156 cm³/mol. The van der Waals surface area contributed by atoms with Gasteiger partial charge in [-0.05, 0) is 73.7 Å². The van der Waals surface area contributed by atoms with E-state index in [1.807, 2.05) is 59.7 Å². The van der Waals surface area contributed by atoms with Gasteiger partial charge in [-0.3, -0.25) is 14.2 Å². The van der Waals surface area contributed by atoms with Gasteiger partial charge in [0.25, 0.3) is 5.91 Å². The highest BCUT2D eigenvalue weighted by Crippen LogP contribution is 2.30. The summed E-state index contributed by atoms with van der Waals surface area (Å²) in [6, 6.07) is 18.9. The lowest BCUT2D eigenvalue weighted by atomic mass is 10.0. The number of fused-ring (bicyclic) bond motifs is 1. The van der Waals surface area contributed by atoms with Crippen LogP contribution in [0.1, 0.15) is 39.3 Å². The molecule has 0 spiro atoms. The molecule has 0 bridgehead atoms. The van der Waals surface area contributed by atoms with Crippen LogP contribution in [0, 0.1) is 13.8 Å². The minimum absolute atomic E-state index is 0.0231. The molecule has 0 atom stereocenters. The number of para-hydroxylation sites is 1. The van der Waals surface area contributed by atoms with E-state index in [2.05, 4.69) is 21.6 Å². The zero-order chi connectivity index (χ0) is 27.5. The van der Waals surface area contributed by atoms with E-state index >= 15 is 0 Å². The third-order valence-corrected chi connectivity index (χ3v) is 8.09. The summed E-state index contributed by atoms with van der Waals surface area (Å²) in [5.74, 6) is 0.431. The first-order valence-electron chi connectivity index (χ1n) is 12.6. The minimum Gasteiger partial charge on any atom is -0.345 e. The maximum absolute atomic E-state index is 13.3. The van der Waals surface area contributed by atoms with Gasteiger partial charge in [-0.2, -0.15) is 0 Å². The summed E-state index contributed by atoms with van der Waals surface area (Å²) < 4.78 is 1.91. The number of carbonyl (C=O) groups excluding carboxylic acids is 2. The largest absolute Gasteiger partial charge is 0.345 e. The molecule has 39 heavy (non-hydrogen) atoms. The lowest BCUT2D eigenvalue weighted by Crippen LogP contribution is -2.36. The standard InChI is InChI=1S/C29H27Cl2N5O2S/c1-18-9-10-19(2)25(14-18)36-26(16-32-28(38)22-12-11-21(30)15-23(22)31)33-34-29(36)39-17-27(37)35-13-5-7-20-6-3-4-8-24(20)35/h3-4,6,8-12,14-15H,5,7,13,16-17H2,1-2H3,(H,32,38). The van der Waals surface area contributed by atoms with Crippen molar-refractivity contribution >= 4 is 52.5 Å². The molecule has 10 heteroatoms. The van der Waals surface area contributed by atoms with Crippen LogP contribution in [0.2, 0.25) is 10.0 Å². The Hall–Kier alpha value is -3.33. The van der Waals surface area contributed by atoms with Crippen LogP contribution in [0.3, 0.4) is 0 Å². The second-order valence-corrected chi connectivity index (χ2v) is 11.2. The van der Waals surface area contributed by atoms with Crippen molar-refractivity contribution in [1.82, 2.24) is 20.1 Å². The highest BCUT2D eigenvalue weighted by Gasteiger charge is 2.24. The number of benzene rings is 3. The fourth-order valence-electron chi connectivity index (χ4n) is 4.64. The molecular weight excluding hydrogens is 553 g/mol. The number of nitrogens with one attached hydrogen (secondary N) is 1. The Morgan fingerprint density at radius 3 is 2.64 bits per heavy atom. The molecular formula is C29H27Cl2N5O2S. The molecule has 0 unspecified atom stereocenters. The summed E-state index contributed by atoms with van der Waals surface area (Å²) in [7, 11) is 0. The van der Waals surface area contributed by atoms with Crippen LogP contribution < -0.4 is 10.2 Å². The predicted octanol–water partition coefficient (Wildman–Crippen LogP) is 6.19. The van der Waals surface area contributed by atoms with Gasteiger partial charge in [-0.1, -0.05) is 65.3 Å². The van der Waals surface area contributed by atoms with Crippen molar-refractivity contribution in [1.29, 1.82) is 0 Å². The summed E-state index contributed by atoms with van der Waals surface area (Å²) in [5, 5.41) is 13.0. The first-order chi connectivity index (χ1) is 18.8. The number of aryl methyl sites for hydroxylation is 3. The van der Waals surface area contributed by atoms with Crippen LogP contribution in [0.15, 0.2) is 65.8 Å². The van der Waals surface area contributed by atoms with Crippen LogP contribution in [0.4, 0.5) is 5.69 Å². The minimum atomic E-state index is -0.347. The Bertz CT molecular complexity index is 1550. The number of rotatable bonds is 7. The molecule has 1 aromatic heterocycles. The molecule has 0 aliphatic carbocycles. The third-order valence-electron chi connectivity index (χ3n) is 6.62. The van der Waals surface area contributed by atoms with Crippen molar-refractivity contribution in [3.63, 3.8) is 0 Å². The molecule has 1 aliphatic heterocycles. The number of carbonyl (C=O) groups is 2. The first kappa shape index (κ1) is 27.2. The molecule has 2 heterocycles. The number of hydrogen-bond acceptors (Lipinski definition) is 5. The van der Waals surface area contributed by atoms with Crippen LogP contribution >= 0.6 is 35.0 Å². The topological polar surface area (TPSA) is 80.1 Å². The Morgan fingerprint density at radius 1 is 1.00 bits per heavy atom. The van der Waals surface area contributed by atoms with Gasteiger partial charge in [0.2, 0.25) is 5.91 Å². The maximum Gasteiger partial charge on any atom is 0.253 e. The molecule has 3 aromatic carbocycles. The lowest BCUT2D eigenvalue weighted by Gasteiger charge is -2.29. The third kappa shape index (κ3) is 5.98. The number of nitrogens with zero attached hydrogens (tertiary/aromatic N) is 4. The molecule has 0 saturated heterocycles. The quantitative estimate of drug-likeness (QED) is 0.264. The van der Waals surface area contributed by atoms with Crippen molar-refractivity contribution in [2.45, 2.75) is 38.4 Å². The summed E-state index contributed by atoms with van der Waals surface area (Å²) in [6.07, 6.45) is 1.91. The summed E-state index contributed by atoms with van der Waals surface area (Å²) in [6.45, 7) is 4.84. The van der Waals surface area contributed by atoms with Crippen molar-refractivity contribution < 1.29 is 9.59 Å². The molecule has 1 aliphatic rings. The maximum atomic E-state index is 13.3. The number of thioether (sulfide) groups is 1. The van der Waals surface area contributed by atoms with E-state index in [-0.39, 0.29) is 29.1 Å². The Balaban J connectivity index is 1.39. The van der Waals surface area contributed by atoms with Crippen LogP contribution in [-0.2, 0) is 17.8 Å². The fourth-order valence-corrected chi connectivity index (χ4v) is 5.97. The molecule has 4 aromatic rings. The average Bonchev–Trinajstić information content (AvgIpc) is 3.33. The highest BCUT2D eigenvalue weighted by molar-refractivity contribution is 7.99. The summed E-state index contributed by atoms with van der Waals surface area (Å²) in [5.41, 5.74) is 5.48. The van der Waals surface area contributed by atoms with Gasteiger partial charge in [0, 0.05) is 17.3 Å². The van der Waals surface area contributed by atoms with E-state index in [0.29, 0.717) is 28.1 Å². The number of aromatic nitrogens is 3. The van der Waals surface area contributed by atoms with Crippen LogP contribution in [-0.4, -0.2) is 38.9 Å². The second-order valence-electron chi connectivity index (χ2n) is 9.40. The van der Waals surface area contributed by atoms with Gasteiger partial charge >= 0.3 is 0 Å². The SMILES string of the molecule is Cc1ccc(C)c(-n2c(CNC(=O)c3ccc(Cl)cc3Cl)nnc2SCC(=O)N2CCCc3ccccc32)c1. The normalized spacial score (nSPS) is 12.8. The van der Waals surface area contributed by atoms with E-state index in [0.717, 1.165) is 35.3 Å². The highest BCUT2D eigenvalue weighted by atomic mass is 35.5. The van der Waals surface area contributed by atoms with Crippen LogP contribution in [0.25, 0.3) is 5.69 Å². The molecule has 0 radical (unpaired) electrons. The Labute approximate surface area is 241 Å². The van der Waals surface area contributed by atoms with E-state index in [9.17, 15) is 9.59 Å². The molecule has 200 valence electrons. The van der Waals surface area contributed by atoms with E-state index < -0.39 is 0 Å². The number of halogens is 2. The lowest BCUT2D eigenvalue weighted by molar-refractivity contribution is -0.116. The molecule has 2 amide bonds. The van der Waals surface area contributed by atoms with Gasteiger partial charge in [0.05, 0.1) is 28.6 Å². The van der Waals surface area contributed by atoms with Crippen molar-refractivity contribution in [2.75, 3.05) is 17.2 Å². The van der Waals surface area contributed by atoms with Crippen molar-refractivity contribution in [3.05, 3.63) is 98.8 Å². The average molecular weight is 581 g/mol. The van der Waals surface area contributed by atoms with Gasteiger partial charge < -0.3 is 10.2 Å². The van der Waals surface area contributed by atoms with Crippen LogP contribution in [0.5, 0.6) is 0 Å². The molecule has 5 rings (SSSR count). The second kappa shape index (κ2) is 11.8. The monoisotopic (exact) mass is 579 g/mol. The molecule has 1 N–H and O–H groups in total. The van der Waals surface area contributed by atoms with Crippen molar-refractivity contribution in [2.24, 2.45) is 0 Å². The fraction of sp³-hybridized carbons (Fsp3) is 0.241. The van der Waals surface area contributed by atoms with E-state index in [4.69, 9.17) is 23.2 Å². The van der Waals surface area contributed by atoms with Gasteiger partial charge in [0.15, 0.2) is 11.0 Å². The first-order valence-corrected chi connectivity index (χ1v) is 14.3. The number of hydrogen-bond donors (Lipinski definition) is 1. The Kier molecular flexibility index (Phi) is 8.26. The number of amides is 2. The van der Waals surface area contributed by atoms with E-state index in [1.165, 1.54) is 23.4 Å². The smallest absolute Gasteiger partial charge is 0.253 e. The zero-order valence-corrected chi connectivity index (χ0v) is 23.9. The van der Waals surface area contributed by atoms with Gasteiger partial charge in [-0.15, -0.1) is 10.2 Å². The van der Waals surface area contributed by atoms with Gasteiger partial charge in [0.1, 0.15) is 0 Å². The zero-order valence-electron chi connectivity index (χ0n) is 21.6. The van der Waals surface area contributed by atoms with E-state index in [1.54, 1.807) is 12.1 Å². The molecule has 0 saturated carbocycles. The Morgan fingerprint density at radius 2 is 1.82 bits per heavy atom. The van der Waals surface area contributed by atoms with Gasteiger partial charge in [-0.25, -0.2) is 0 Å².